The molecule has 4 rings (SSSR count). The second kappa shape index (κ2) is 7.48. The fourth-order valence-electron chi connectivity index (χ4n) is 3.14. The standard InChI is InChI=1S/C23H20N2O3/c1-27-17-9-7-16(8-10-17)21-13-19(26)22-20(28-21)12-11-18(24)23(22)25-14-15-5-3-2-4-6-15/h2-13,25H,14,24H2,1H3. The molecule has 0 radical (unpaired) electrons. The molecule has 1 aromatic heterocycles. The maximum absolute atomic E-state index is 12.9. The summed E-state index contributed by atoms with van der Waals surface area (Å²) in [6, 6.07) is 22.3. The molecule has 1 heterocycles. The van der Waals surface area contributed by atoms with Crippen LogP contribution in [-0.2, 0) is 6.54 Å². The fraction of sp³-hybridized carbons (Fsp3) is 0.0870. The van der Waals surface area contributed by atoms with Crippen molar-refractivity contribution in [3.8, 4) is 17.1 Å². The van der Waals surface area contributed by atoms with Gasteiger partial charge in [-0.3, -0.25) is 4.79 Å². The van der Waals surface area contributed by atoms with E-state index >= 15 is 0 Å². The summed E-state index contributed by atoms with van der Waals surface area (Å²) in [4.78, 5) is 12.9. The first-order chi connectivity index (χ1) is 13.7. The van der Waals surface area contributed by atoms with Crippen LogP contribution in [0.4, 0.5) is 11.4 Å². The molecule has 4 aromatic rings. The van der Waals surface area contributed by atoms with Gasteiger partial charge in [-0.1, -0.05) is 30.3 Å². The lowest BCUT2D eigenvalue weighted by Crippen LogP contribution is -2.09. The van der Waals surface area contributed by atoms with Gasteiger partial charge in [0.25, 0.3) is 0 Å². The number of fused-ring (bicyclic) bond motifs is 1. The largest absolute Gasteiger partial charge is 0.497 e. The van der Waals surface area contributed by atoms with Gasteiger partial charge in [0.05, 0.1) is 23.9 Å². The van der Waals surface area contributed by atoms with Crippen LogP contribution in [0, 0.1) is 0 Å². The number of ether oxygens (including phenoxy) is 1. The van der Waals surface area contributed by atoms with Gasteiger partial charge in [-0.2, -0.15) is 0 Å². The van der Waals surface area contributed by atoms with E-state index in [2.05, 4.69) is 5.32 Å². The highest BCUT2D eigenvalue weighted by Gasteiger charge is 2.13. The average Bonchev–Trinajstić information content (AvgIpc) is 2.74. The van der Waals surface area contributed by atoms with Crippen LogP contribution in [0.1, 0.15) is 5.56 Å². The Morgan fingerprint density at radius 1 is 1.00 bits per heavy atom. The molecule has 0 spiro atoms. The molecule has 0 amide bonds. The van der Waals surface area contributed by atoms with Crippen molar-refractivity contribution < 1.29 is 9.15 Å². The summed E-state index contributed by atoms with van der Waals surface area (Å²) < 4.78 is 11.2. The smallest absolute Gasteiger partial charge is 0.195 e. The predicted octanol–water partition coefficient (Wildman–Crippen LogP) is 4.66. The van der Waals surface area contributed by atoms with Crippen molar-refractivity contribution in [2.45, 2.75) is 6.54 Å². The Morgan fingerprint density at radius 3 is 2.46 bits per heavy atom. The monoisotopic (exact) mass is 372 g/mol. The second-order valence-corrected chi connectivity index (χ2v) is 6.45. The third kappa shape index (κ3) is 3.42. The zero-order chi connectivity index (χ0) is 19.5. The minimum absolute atomic E-state index is 0.144. The lowest BCUT2D eigenvalue weighted by molar-refractivity contribution is 0.415. The molecule has 3 aromatic carbocycles. The Hall–Kier alpha value is -3.73. The number of methoxy groups -OCH3 is 1. The Bertz CT molecular complexity index is 1170. The highest BCUT2D eigenvalue weighted by atomic mass is 16.5. The van der Waals surface area contributed by atoms with Gasteiger partial charge in [-0.15, -0.1) is 0 Å². The van der Waals surface area contributed by atoms with E-state index in [9.17, 15) is 4.79 Å². The van der Waals surface area contributed by atoms with Gasteiger partial charge in [0, 0.05) is 18.2 Å². The molecule has 0 aliphatic carbocycles. The summed E-state index contributed by atoms with van der Waals surface area (Å²) in [5.41, 5.74) is 9.49. The normalized spacial score (nSPS) is 10.8. The van der Waals surface area contributed by atoms with Crippen LogP contribution in [0.2, 0.25) is 0 Å². The SMILES string of the molecule is COc1ccc(-c2cc(=O)c3c(NCc4ccccc4)c(N)ccc3o2)cc1. The highest BCUT2D eigenvalue weighted by Crippen LogP contribution is 2.31. The molecule has 0 aliphatic heterocycles. The Labute approximate surface area is 162 Å². The van der Waals surface area contributed by atoms with E-state index in [1.165, 1.54) is 6.07 Å². The van der Waals surface area contributed by atoms with Crippen LogP contribution in [0.5, 0.6) is 5.75 Å². The number of anilines is 2. The minimum Gasteiger partial charge on any atom is -0.497 e. The van der Waals surface area contributed by atoms with Gasteiger partial charge in [-0.05, 0) is 42.0 Å². The molecule has 28 heavy (non-hydrogen) atoms. The number of nitrogen functional groups attached to an aromatic ring is 1. The van der Waals surface area contributed by atoms with Crippen LogP contribution < -0.4 is 21.2 Å². The van der Waals surface area contributed by atoms with E-state index in [1.54, 1.807) is 19.2 Å². The van der Waals surface area contributed by atoms with Crippen molar-refractivity contribution in [2.24, 2.45) is 0 Å². The number of benzene rings is 3. The molecule has 140 valence electrons. The average molecular weight is 372 g/mol. The summed E-state index contributed by atoms with van der Waals surface area (Å²) in [5, 5.41) is 3.74. The summed E-state index contributed by atoms with van der Waals surface area (Å²) in [5.74, 6) is 1.24. The van der Waals surface area contributed by atoms with E-state index in [0.717, 1.165) is 16.9 Å². The number of hydrogen-bond acceptors (Lipinski definition) is 5. The lowest BCUT2D eigenvalue weighted by atomic mass is 10.1. The first-order valence-electron chi connectivity index (χ1n) is 8.94. The van der Waals surface area contributed by atoms with Gasteiger partial charge >= 0.3 is 0 Å². The van der Waals surface area contributed by atoms with E-state index in [1.807, 2.05) is 54.6 Å². The molecule has 5 nitrogen and oxygen atoms in total. The lowest BCUT2D eigenvalue weighted by Gasteiger charge is -2.13. The molecule has 5 heteroatoms. The van der Waals surface area contributed by atoms with Crippen LogP contribution in [-0.4, -0.2) is 7.11 Å². The van der Waals surface area contributed by atoms with Gasteiger partial charge in [-0.25, -0.2) is 0 Å². The van der Waals surface area contributed by atoms with Crippen LogP contribution in [0.3, 0.4) is 0 Å². The van der Waals surface area contributed by atoms with E-state index in [4.69, 9.17) is 14.9 Å². The molecule has 0 saturated heterocycles. The summed E-state index contributed by atoms with van der Waals surface area (Å²) in [6.45, 7) is 0.559. The molecule has 0 aliphatic rings. The van der Waals surface area contributed by atoms with Crippen molar-refractivity contribution in [1.29, 1.82) is 0 Å². The second-order valence-electron chi connectivity index (χ2n) is 6.45. The Morgan fingerprint density at radius 2 is 1.75 bits per heavy atom. The topological polar surface area (TPSA) is 77.5 Å². The molecule has 0 bridgehead atoms. The van der Waals surface area contributed by atoms with E-state index < -0.39 is 0 Å². The van der Waals surface area contributed by atoms with Crippen LogP contribution >= 0.6 is 0 Å². The van der Waals surface area contributed by atoms with Gasteiger partial charge in [0.2, 0.25) is 0 Å². The fourth-order valence-corrected chi connectivity index (χ4v) is 3.14. The highest BCUT2D eigenvalue weighted by molar-refractivity contribution is 5.97. The summed E-state index contributed by atoms with van der Waals surface area (Å²) >= 11 is 0. The molecular formula is C23H20N2O3. The molecule has 3 N–H and O–H groups in total. The number of nitrogens with two attached hydrogens (primary N) is 1. The maximum Gasteiger partial charge on any atom is 0.195 e. The van der Waals surface area contributed by atoms with Crippen molar-refractivity contribution in [1.82, 2.24) is 0 Å². The quantitative estimate of drug-likeness (QED) is 0.498. The van der Waals surface area contributed by atoms with Crippen LogP contribution in [0.25, 0.3) is 22.3 Å². The van der Waals surface area contributed by atoms with Gasteiger partial charge < -0.3 is 20.2 Å². The molecule has 0 saturated carbocycles. The zero-order valence-corrected chi connectivity index (χ0v) is 15.4. The minimum atomic E-state index is -0.144. The first-order valence-corrected chi connectivity index (χ1v) is 8.94. The van der Waals surface area contributed by atoms with Crippen molar-refractivity contribution in [2.75, 3.05) is 18.2 Å². The first kappa shape index (κ1) is 17.7. The zero-order valence-electron chi connectivity index (χ0n) is 15.4. The molecule has 0 fully saturated rings. The third-order valence-electron chi connectivity index (χ3n) is 4.61. The Balaban J connectivity index is 1.75. The summed E-state index contributed by atoms with van der Waals surface area (Å²) in [6.07, 6.45) is 0. The number of rotatable bonds is 5. The van der Waals surface area contributed by atoms with Crippen molar-refractivity contribution in [3.05, 3.63) is 88.6 Å². The van der Waals surface area contributed by atoms with Gasteiger partial charge in [0.1, 0.15) is 17.1 Å². The van der Waals surface area contributed by atoms with Crippen molar-refractivity contribution >= 4 is 22.3 Å². The Kier molecular flexibility index (Phi) is 4.72. The third-order valence-corrected chi connectivity index (χ3v) is 4.61. The molecule has 0 unspecified atom stereocenters. The predicted molar refractivity (Wildman–Crippen MR) is 113 cm³/mol. The van der Waals surface area contributed by atoms with Gasteiger partial charge in [0.15, 0.2) is 5.43 Å². The number of hydrogen-bond donors (Lipinski definition) is 2. The summed E-state index contributed by atoms with van der Waals surface area (Å²) in [7, 11) is 1.61. The molecule has 0 atom stereocenters. The van der Waals surface area contributed by atoms with E-state index in [-0.39, 0.29) is 5.43 Å². The number of nitrogens with one attached hydrogen (secondary N) is 1. The maximum atomic E-state index is 12.9. The molecular weight excluding hydrogens is 352 g/mol. The van der Waals surface area contributed by atoms with E-state index in [0.29, 0.717) is 34.6 Å². The van der Waals surface area contributed by atoms with Crippen molar-refractivity contribution in [3.63, 3.8) is 0 Å². The van der Waals surface area contributed by atoms with Crippen LogP contribution in [0.15, 0.2) is 82.0 Å².